The third-order valence-electron chi connectivity index (χ3n) is 4.98. The number of hydrogen-bond acceptors (Lipinski definition) is 4. The molecular weight excluding hydrogens is 352 g/mol. The van der Waals surface area contributed by atoms with E-state index in [4.69, 9.17) is 0 Å². The second-order valence-corrected chi connectivity index (χ2v) is 7.01. The molecule has 28 heavy (non-hydrogen) atoms. The van der Waals surface area contributed by atoms with Crippen LogP contribution in [0.15, 0.2) is 54.6 Å². The van der Waals surface area contributed by atoms with Crippen LogP contribution in [-0.2, 0) is 28.9 Å². The molecule has 2 aromatic carbocycles. The van der Waals surface area contributed by atoms with E-state index < -0.39 is 0 Å². The number of hydrogen-bond donors (Lipinski definition) is 1. The largest absolute Gasteiger partial charge is 0.355 e. The fourth-order valence-electron chi connectivity index (χ4n) is 3.74. The zero-order chi connectivity index (χ0) is 19.5. The Morgan fingerprint density at radius 3 is 2.54 bits per heavy atom. The third kappa shape index (κ3) is 3.69. The Morgan fingerprint density at radius 2 is 1.71 bits per heavy atom. The number of para-hydroxylation sites is 1. The Kier molecular flexibility index (Phi) is 4.98. The quantitative estimate of drug-likeness (QED) is 0.699. The van der Waals surface area contributed by atoms with Gasteiger partial charge >= 0.3 is 0 Å². The molecule has 5 heteroatoms. The number of Topliss-reactive ketones (excluding diaryl/α,β-unsaturated/α-hetero) is 2. The highest BCUT2D eigenvalue weighted by atomic mass is 16.2. The van der Waals surface area contributed by atoms with Gasteiger partial charge in [0.25, 0.3) is 0 Å². The second kappa shape index (κ2) is 7.72. The Balaban J connectivity index is 1.56. The van der Waals surface area contributed by atoms with E-state index in [1.807, 2.05) is 54.6 Å². The Hall–Kier alpha value is -3.34. The minimum atomic E-state index is -0.171. The van der Waals surface area contributed by atoms with Crippen LogP contribution >= 0.6 is 0 Å². The number of rotatable bonds is 5. The summed E-state index contributed by atoms with van der Waals surface area (Å²) in [5.74, 6) is -0.322. The average molecular weight is 372 g/mol. The monoisotopic (exact) mass is 372 g/mol. The van der Waals surface area contributed by atoms with Crippen LogP contribution in [0.4, 0.5) is 0 Å². The van der Waals surface area contributed by atoms with Gasteiger partial charge in [0, 0.05) is 23.9 Å². The maximum atomic E-state index is 12.6. The number of nitrogens with one attached hydrogen (secondary N) is 1. The summed E-state index contributed by atoms with van der Waals surface area (Å²) in [4.78, 5) is 41.2. The van der Waals surface area contributed by atoms with Crippen molar-refractivity contribution in [2.24, 2.45) is 0 Å². The van der Waals surface area contributed by atoms with Gasteiger partial charge in [-0.1, -0.05) is 48.5 Å². The van der Waals surface area contributed by atoms with Crippen LogP contribution in [0.25, 0.3) is 10.9 Å². The normalized spacial score (nSPS) is 13.4. The number of carbonyl (C=O) groups excluding carboxylic acids is 3. The lowest BCUT2D eigenvalue weighted by atomic mass is 9.87. The summed E-state index contributed by atoms with van der Waals surface area (Å²) in [5.41, 5.74) is 3.73. The van der Waals surface area contributed by atoms with E-state index in [1.54, 1.807) is 0 Å². The molecule has 0 bridgehead atoms. The first-order valence-corrected chi connectivity index (χ1v) is 9.38. The highest BCUT2D eigenvalue weighted by molar-refractivity contribution is 6.14. The van der Waals surface area contributed by atoms with Crippen LogP contribution in [0.1, 0.15) is 33.6 Å². The lowest BCUT2D eigenvalue weighted by Gasteiger charge is -2.19. The van der Waals surface area contributed by atoms with Crippen molar-refractivity contribution in [2.45, 2.75) is 25.7 Å². The van der Waals surface area contributed by atoms with Crippen LogP contribution in [0, 0.1) is 0 Å². The Morgan fingerprint density at radius 1 is 0.964 bits per heavy atom. The molecule has 140 valence electrons. The summed E-state index contributed by atoms with van der Waals surface area (Å²) < 4.78 is 0. The summed E-state index contributed by atoms with van der Waals surface area (Å²) >= 11 is 0. The molecular formula is C23H20N2O3. The van der Waals surface area contributed by atoms with E-state index >= 15 is 0 Å². The van der Waals surface area contributed by atoms with Crippen molar-refractivity contribution < 1.29 is 14.4 Å². The summed E-state index contributed by atoms with van der Waals surface area (Å²) in [6.45, 7) is 0.424. The van der Waals surface area contributed by atoms with Gasteiger partial charge < -0.3 is 5.32 Å². The molecule has 0 fully saturated rings. The van der Waals surface area contributed by atoms with Crippen LogP contribution < -0.4 is 5.32 Å². The first kappa shape index (κ1) is 18.0. The first-order chi connectivity index (χ1) is 13.6. The predicted octanol–water partition coefficient (Wildman–Crippen LogP) is 2.83. The van der Waals surface area contributed by atoms with Gasteiger partial charge in [0.1, 0.15) is 5.78 Å². The number of amides is 1. The van der Waals surface area contributed by atoms with Crippen LogP contribution in [-0.4, -0.2) is 29.0 Å². The molecule has 0 unspecified atom stereocenters. The molecule has 0 spiro atoms. The summed E-state index contributed by atoms with van der Waals surface area (Å²) in [7, 11) is 0. The van der Waals surface area contributed by atoms with E-state index in [0.717, 1.165) is 22.0 Å². The lowest BCUT2D eigenvalue weighted by Crippen LogP contribution is -2.29. The van der Waals surface area contributed by atoms with Crippen molar-refractivity contribution in [3.63, 3.8) is 0 Å². The maximum Gasteiger partial charge on any atom is 0.224 e. The predicted molar refractivity (Wildman–Crippen MR) is 106 cm³/mol. The van der Waals surface area contributed by atoms with Gasteiger partial charge in [0.2, 0.25) is 5.91 Å². The topological polar surface area (TPSA) is 76.1 Å². The van der Waals surface area contributed by atoms with Crippen molar-refractivity contribution >= 4 is 28.4 Å². The molecule has 0 atom stereocenters. The molecule has 0 aliphatic heterocycles. The molecule has 1 heterocycles. The minimum Gasteiger partial charge on any atom is -0.355 e. The number of nitrogens with zero attached hydrogens (tertiary/aromatic N) is 1. The maximum absolute atomic E-state index is 12.6. The van der Waals surface area contributed by atoms with Gasteiger partial charge in [0.05, 0.1) is 24.1 Å². The van der Waals surface area contributed by atoms with Crippen LogP contribution in [0.3, 0.4) is 0 Å². The summed E-state index contributed by atoms with van der Waals surface area (Å²) in [5, 5.41) is 3.84. The Labute approximate surface area is 162 Å². The highest BCUT2D eigenvalue weighted by Crippen LogP contribution is 2.28. The van der Waals surface area contributed by atoms with E-state index in [2.05, 4.69) is 10.3 Å². The van der Waals surface area contributed by atoms with Crippen molar-refractivity contribution in [1.29, 1.82) is 0 Å². The second-order valence-electron chi connectivity index (χ2n) is 7.01. The molecule has 3 aromatic rings. The molecule has 1 aromatic heterocycles. The van der Waals surface area contributed by atoms with Crippen molar-refractivity contribution in [3.05, 3.63) is 77.0 Å². The van der Waals surface area contributed by atoms with Gasteiger partial charge in [-0.3, -0.25) is 19.4 Å². The fraction of sp³-hybridized carbons (Fsp3) is 0.217. The van der Waals surface area contributed by atoms with Crippen molar-refractivity contribution in [2.75, 3.05) is 6.54 Å². The molecule has 0 saturated carbocycles. The molecule has 1 amide bonds. The average Bonchev–Trinajstić information content (AvgIpc) is 2.68. The third-order valence-corrected chi connectivity index (χ3v) is 4.98. The minimum absolute atomic E-state index is 0.0556. The molecule has 0 saturated heterocycles. The van der Waals surface area contributed by atoms with E-state index in [-0.39, 0.29) is 30.3 Å². The van der Waals surface area contributed by atoms with Crippen LogP contribution in [0.2, 0.25) is 0 Å². The molecule has 1 aliphatic carbocycles. The molecule has 1 N–H and O–H groups in total. The van der Waals surface area contributed by atoms with Gasteiger partial charge in [-0.25, -0.2) is 0 Å². The number of ketones is 2. The standard InChI is InChI=1S/C23H20N2O3/c26-16-13-20-23(21(27)14-16)18(17-8-4-5-9-19(17)25-20)10-11-24-22(28)12-15-6-2-1-3-7-15/h1-9H,10-14H2,(H,24,28). The van der Waals surface area contributed by atoms with Gasteiger partial charge in [-0.15, -0.1) is 0 Å². The zero-order valence-corrected chi connectivity index (χ0v) is 15.4. The smallest absolute Gasteiger partial charge is 0.224 e. The molecule has 4 rings (SSSR count). The van der Waals surface area contributed by atoms with Crippen molar-refractivity contribution in [3.8, 4) is 0 Å². The van der Waals surface area contributed by atoms with E-state index in [9.17, 15) is 14.4 Å². The van der Waals surface area contributed by atoms with E-state index in [0.29, 0.717) is 30.6 Å². The van der Waals surface area contributed by atoms with E-state index in [1.165, 1.54) is 0 Å². The Bertz CT molecular complexity index is 1070. The van der Waals surface area contributed by atoms with Gasteiger partial charge in [0.15, 0.2) is 5.78 Å². The number of benzene rings is 2. The lowest BCUT2D eigenvalue weighted by molar-refractivity contribution is -0.120. The summed E-state index contributed by atoms with van der Waals surface area (Å²) in [6.07, 6.45) is 0.967. The highest BCUT2D eigenvalue weighted by Gasteiger charge is 2.28. The molecule has 5 nitrogen and oxygen atoms in total. The first-order valence-electron chi connectivity index (χ1n) is 9.38. The van der Waals surface area contributed by atoms with Crippen LogP contribution in [0.5, 0.6) is 0 Å². The number of aromatic nitrogens is 1. The van der Waals surface area contributed by atoms with Gasteiger partial charge in [-0.05, 0) is 23.6 Å². The fourth-order valence-corrected chi connectivity index (χ4v) is 3.74. The van der Waals surface area contributed by atoms with Gasteiger partial charge in [-0.2, -0.15) is 0 Å². The van der Waals surface area contributed by atoms with Crippen molar-refractivity contribution in [1.82, 2.24) is 10.3 Å². The number of fused-ring (bicyclic) bond motifs is 2. The SMILES string of the molecule is O=C1CC(=O)c2c(nc3ccccc3c2CCNC(=O)Cc2ccccc2)C1. The summed E-state index contributed by atoms with van der Waals surface area (Å²) in [6, 6.07) is 17.2. The number of pyridine rings is 1. The molecule has 1 aliphatic rings. The number of carbonyl (C=O) groups is 3. The zero-order valence-electron chi connectivity index (χ0n) is 15.4. The molecule has 0 radical (unpaired) electrons.